The fraction of sp³-hybridized carbons (Fsp3) is 0.267. The minimum absolute atomic E-state index is 0.0369. The van der Waals surface area contributed by atoms with Crippen molar-refractivity contribution in [2.75, 3.05) is 0 Å². The van der Waals surface area contributed by atoms with Crippen molar-refractivity contribution in [3.05, 3.63) is 42.0 Å². The fourth-order valence-corrected chi connectivity index (χ4v) is 1.85. The molecule has 2 aromatic rings. The Labute approximate surface area is 106 Å². The van der Waals surface area contributed by atoms with Crippen molar-refractivity contribution in [1.82, 2.24) is 5.32 Å². The van der Waals surface area contributed by atoms with Gasteiger partial charge in [0, 0.05) is 10.9 Å². The van der Waals surface area contributed by atoms with Crippen LogP contribution in [0.4, 0.5) is 0 Å². The van der Waals surface area contributed by atoms with E-state index in [-0.39, 0.29) is 17.2 Å². The summed E-state index contributed by atoms with van der Waals surface area (Å²) in [7, 11) is 0. The molecule has 3 nitrogen and oxygen atoms in total. The number of fused-ring (bicyclic) bond motifs is 1. The monoisotopic (exact) mass is 243 g/mol. The van der Waals surface area contributed by atoms with Crippen LogP contribution < -0.4 is 5.32 Å². The third-order valence-electron chi connectivity index (χ3n) is 2.63. The normalized spacial score (nSPS) is 11.5. The van der Waals surface area contributed by atoms with E-state index in [1.54, 1.807) is 12.1 Å². The number of rotatable bonds is 1. The van der Waals surface area contributed by atoms with E-state index in [0.717, 1.165) is 5.39 Å². The standard InChI is InChI=1S/C15H17NO2/c1-15(2,3)16-14(18)12-9-8-10-6-4-5-7-11(10)13(12)17/h4-9,17H,1-3H3,(H,16,18). The Balaban J connectivity index is 2.46. The van der Waals surface area contributed by atoms with Gasteiger partial charge in [0.2, 0.25) is 0 Å². The number of phenolic OH excluding ortho intramolecular Hbond substituents is 1. The quantitative estimate of drug-likeness (QED) is 0.808. The van der Waals surface area contributed by atoms with Gasteiger partial charge in [-0.2, -0.15) is 0 Å². The predicted octanol–water partition coefficient (Wildman–Crippen LogP) is 3.07. The van der Waals surface area contributed by atoms with Crippen LogP contribution in [0.1, 0.15) is 31.1 Å². The van der Waals surface area contributed by atoms with Gasteiger partial charge in [-0.05, 0) is 32.2 Å². The summed E-state index contributed by atoms with van der Waals surface area (Å²) in [6.07, 6.45) is 0. The van der Waals surface area contributed by atoms with Crippen LogP contribution in [0.2, 0.25) is 0 Å². The molecule has 0 radical (unpaired) electrons. The molecule has 0 aliphatic carbocycles. The van der Waals surface area contributed by atoms with E-state index in [2.05, 4.69) is 5.32 Å². The first-order valence-electron chi connectivity index (χ1n) is 5.92. The summed E-state index contributed by atoms with van der Waals surface area (Å²) in [4.78, 5) is 12.1. The lowest BCUT2D eigenvalue weighted by Gasteiger charge is -2.21. The highest BCUT2D eigenvalue weighted by Crippen LogP contribution is 2.28. The summed E-state index contributed by atoms with van der Waals surface area (Å²) in [5, 5.41) is 14.6. The lowest BCUT2D eigenvalue weighted by atomic mass is 10.0. The number of aromatic hydroxyl groups is 1. The van der Waals surface area contributed by atoms with E-state index >= 15 is 0 Å². The molecule has 0 aliphatic rings. The topological polar surface area (TPSA) is 49.3 Å². The van der Waals surface area contributed by atoms with E-state index in [9.17, 15) is 9.90 Å². The smallest absolute Gasteiger partial charge is 0.255 e. The van der Waals surface area contributed by atoms with Crippen molar-refractivity contribution in [3.8, 4) is 5.75 Å². The Morgan fingerprint density at radius 2 is 1.78 bits per heavy atom. The molecule has 0 spiro atoms. The van der Waals surface area contributed by atoms with Crippen LogP contribution in [-0.2, 0) is 0 Å². The third-order valence-corrected chi connectivity index (χ3v) is 2.63. The number of carbonyl (C=O) groups excluding carboxylic acids is 1. The minimum atomic E-state index is -0.324. The molecule has 0 atom stereocenters. The molecule has 2 rings (SSSR count). The summed E-state index contributed by atoms with van der Waals surface area (Å²) in [6.45, 7) is 5.72. The van der Waals surface area contributed by atoms with Gasteiger partial charge in [0.25, 0.3) is 5.91 Å². The molecule has 1 amide bonds. The first-order valence-corrected chi connectivity index (χ1v) is 5.92. The zero-order valence-corrected chi connectivity index (χ0v) is 10.8. The van der Waals surface area contributed by atoms with Gasteiger partial charge >= 0.3 is 0 Å². The molecular weight excluding hydrogens is 226 g/mol. The third kappa shape index (κ3) is 2.45. The average molecular weight is 243 g/mol. The van der Waals surface area contributed by atoms with Crippen molar-refractivity contribution in [2.24, 2.45) is 0 Å². The highest BCUT2D eigenvalue weighted by Gasteiger charge is 2.18. The number of nitrogens with one attached hydrogen (secondary N) is 1. The maximum Gasteiger partial charge on any atom is 0.255 e. The molecule has 18 heavy (non-hydrogen) atoms. The molecule has 94 valence electrons. The van der Waals surface area contributed by atoms with E-state index in [0.29, 0.717) is 10.9 Å². The molecule has 2 aromatic carbocycles. The Hall–Kier alpha value is -2.03. The van der Waals surface area contributed by atoms with Gasteiger partial charge in [-0.25, -0.2) is 0 Å². The molecule has 0 saturated heterocycles. The van der Waals surface area contributed by atoms with Gasteiger partial charge in [-0.3, -0.25) is 4.79 Å². The lowest BCUT2D eigenvalue weighted by Crippen LogP contribution is -2.40. The largest absolute Gasteiger partial charge is 0.506 e. The van der Waals surface area contributed by atoms with Crippen molar-refractivity contribution < 1.29 is 9.90 Å². The van der Waals surface area contributed by atoms with Crippen LogP contribution in [0.15, 0.2) is 36.4 Å². The summed E-state index contributed by atoms with van der Waals surface area (Å²) in [5.74, 6) is -0.222. The van der Waals surface area contributed by atoms with Crippen LogP contribution in [0.25, 0.3) is 10.8 Å². The van der Waals surface area contributed by atoms with Crippen molar-refractivity contribution in [3.63, 3.8) is 0 Å². The van der Waals surface area contributed by atoms with Crippen molar-refractivity contribution in [2.45, 2.75) is 26.3 Å². The highest BCUT2D eigenvalue weighted by molar-refractivity contribution is 6.03. The van der Waals surface area contributed by atoms with Crippen molar-refractivity contribution >= 4 is 16.7 Å². The average Bonchev–Trinajstić information content (AvgIpc) is 2.27. The first kappa shape index (κ1) is 12.4. The minimum Gasteiger partial charge on any atom is -0.506 e. The van der Waals surface area contributed by atoms with E-state index in [4.69, 9.17) is 0 Å². The summed E-state index contributed by atoms with van der Waals surface area (Å²) in [5.41, 5.74) is -0.0153. The zero-order chi connectivity index (χ0) is 13.3. The van der Waals surface area contributed by atoms with Gasteiger partial charge in [-0.15, -0.1) is 0 Å². The summed E-state index contributed by atoms with van der Waals surface area (Å²) in [6, 6.07) is 10.9. The molecular formula is C15H17NO2. The van der Waals surface area contributed by atoms with E-state index in [1.807, 2.05) is 45.0 Å². The number of hydrogen-bond acceptors (Lipinski definition) is 2. The Kier molecular flexibility index (Phi) is 2.99. The molecule has 0 aliphatic heterocycles. The second kappa shape index (κ2) is 4.33. The molecule has 0 heterocycles. The Morgan fingerprint density at radius 3 is 2.44 bits per heavy atom. The lowest BCUT2D eigenvalue weighted by molar-refractivity contribution is 0.0917. The molecule has 0 saturated carbocycles. The highest BCUT2D eigenvalue weighted by atomic mass is 16.3. The maximum atomic E-state index is 12.1. The number of phenols is 1. The second-order valence-corrected chi connectivity index (χ2v) is 5.39. The van der Waals surface area contributed by atoms with Gasteiger partial charge in [0.15, 0.2) is 0 Å². The number of carbonyl (C=O) groups is 1. The molecule has 2 N–H and O–H groups in total. The van der Waals surface area contributed by atoms with Crippen LogP contribution in [0.3, 0.4) is 0 Å². The van der Waals surface area contributed by atoms with Crippen molar-refractivity contribution in [1.29, 1.82) is 0 Å². The maximum absolute atomic E-state index is 12.1. The van der Waals surface area contributed by atoms with Crippen LogP contribution in [0, 0.1) is 0 Å². The summed E-state index contributed by atoms with van der Waals surface area (Å²) < 4.78 is 0. The zero-order valence-electron chi connectivity index (χ0n) is 10.8. The van der Waals surface area contributed by atoms with Crippen LogP contribution in [0.5, 0.6) is 5.75 Å². The summed E-state index contributed by atoms with van der Waals surface area (Å²) >= 11 is 0. The Bertz CT molecular complexity index is 597. The fourth-order valence-electron chi connectivity index (χ4n) is 1.85. The number of hydrogen-bond donors (Lipinski definition) is 2. The first-order chi connectivity index (χ1) is 8.38. The van der Waals surface area contributed by atoms with E-state index in [1.165, 1.54) is 0 Å². The molecule has 0 unspecified atom stereocenters. The number of benzene rings is 2. The van der Waals surface area contributed by atoms with Gasteiger partial charge in [0.1, 0.15) is 5.75 Å². The van der Waals surface area contributed by atoms with Crippen LogP contribution in [-0.4, -0.2) is 16.6 Å². The van der Waals surface area contributed by atoms with Crippen LogP contribution >= 0.6 is 0 Å². The van der Waals surface area contributed by atoms with Gasteiger partial charge in [-0.1, -0.05) is 30.3 Å². The second-order valence-electron chi connectivity index (χ2n) is 5.39. The van der Waals surface area contributed by atoms with Gasteiger partial charge < -0.3 is 10.4 Å². The molecule has 3 heteroatoms. The Morgan fingerprint density at radius 1 is 1.11 bits per heavy atom. The molecule has 0 bridgehead atoms. The predicted molar refractivity (Wildman–Crippen MR) is 72.8 cm³/mol. The van der Waals surface area contributed by atoms with Gasteiger partial charge in [0.05, 0.1) is 5.56 Å². The SMILES string of the molecule is CC(C)(C)NC(=O)c1ccc2ccccc2c1O. The van der Waals surface area contributed by atoms with E-state index < -0.39 is 0 Å². The molecule has 0 fully saturated rings. The molecule has 0 aromatic heterocycles. The number of amides is 1.